The lowest BCUT2D eigenvalue weighted by Crippen LogP contribution is -2.15. The maximum atomic E-state index is 12.3. The van der Waals surface area contributed by atoms with Crippen LogP contribution in [-0.4, -0.2) is 39.4 Å². The molecule has 1 heterocycles. The molecule has 0 saturated heterocycles. The van der Waals surface area contributed by atoms with Crippen molar-refractivity contribution in [3.8, 4) is 11.5 Å². The minimum absolute atomic E-state index is 0.149. The van der Waals surface area contributed by atoms with Crippen LogP contribution in [0, 0.1) is 0 Å². The Hall–Kier alpha value is -3.53. The number of nitrogens with one attached hydrogen (secondary N) is 2. The van der Waals surface area contributed by atoms with Crippen LogP contribution in [0.2, 0.25) is 0 Å². The first-order chi connectivity index (χ1) is 15.4. The summed E-state index contributed by atoms with van der Waals surface area (Å²) in [7, 11) is 3.42. The fraction of sp³-hybridized carbons (Fsp3) is 0.273. The van der Waals surface area contributed by atoms with Crippen molar-refractivity contribution in [3.63, 3.8) is 0 Å². The number of aromatic nitrogens is 3. The Bertz CT molecular complexity index is 1080. The van der Waals surface area contributed by atoms with Crippen molar-refractivity contribution in [1.29, 1.82) is 0 Å². The average molecular weight is 456 g/mol. The van der Waals surface area contributed by atoms with E-state index in [4.69, 9.17) is 9.47 Å². The maximum Gasteiger partial charge on any atom is 0.234 e. The van der Waals surface area contributed by atoms with E-state index in [1.165, 1.54) is 18.7 Å². The van der Waals surface area contributed by atoms with Gasteiger partial charge in [0, 0.05) is 25.3 Å². The molecule has 1 unspecified atom stereocenters. The standard InChI is InChI=1S/C22H25N5O4S/c1-14(31-19-8-6-5-7-18(19)30-4)21-25-26-22(27(21)3)32-13-20(29)24-17-11-9-16(10-12-17)23-15(2)28/h5-12,14H,13H2,1-4H3,(H,23,28)(H,24,29). The van der Waals surface area contributed by atoms with Crippen LogP contribution in [0.5, 0.6) is 11.5 Å². The van der Waals surface area contributed by atoms with E-state index in [1.807, 2.05) is 38.2 Å². The smallest absolute Gasteiger partial charge is 0.234 e. The molecule has 0 aliphatic heterocycles. The number of thioether (sulfide) groups is 1. The van der Waals surface area contributed by atoms with Crippen molar-refractivity contribution in [2.45, 2.75) is 25.1 Å². The van der Waals surface area contributed by atoms with Gasteiger partial charge in [0.15, 0.2) is 28.6 Å². The molecule has 1 atom stereocenters. The van der Waals surface area contributed by atoms with E-state index < -0.39 is 0 Å². The number of hydrogen-bond acceptors (Lipinski definition) is 7. The molecule has 2 amide bonds. The number of nitrogens with zero attached hydrogens (tertiary/aromatic N) is 3. The molecular weight excluding hydrogens is 430 g/mol. The van der Waals surface area contributed by atoms with Crippen LogP contribution < -0.4 is 20.1 Å². The summed E-state index contributed by atoms with van der Waals surface area (Å²) in [5.41, 5.74) is 1.31. The van der Waals surface area contributed by atoms with Gasteiger partial charge in [0.05, 0.1) is 12.9 Å². The maximum absolute atomic E-state index is 12.3. The fourth-order valence-corrected chi connectivity index (χ4v) is 3.65. The van der Waals surface area contributed by atoms with Gasteiger partial charge in [-0.05, 0) is 43.3 Å². The third-order valence-corrected chi connectivity index (χ3v) is 5.45. The minimum Gasteiger partial charge on any atom is -0.493 e. The number of ether oxygens (including phenoxy) is 2. The van der Waals surface area contributed by atoms with Gasteiger partial charge < -0.3 is 24.7 Å². The minimum atomic E-state index is -0.367. The molecule has 0 fully saturated rings. The number of methoxy groups -OCH3 is 1. The summed E-state index contributed by atoms with van der Waals surface area (Å²) in [5.74, 6) is 1.73. The second kappa shape index (κ2) is 10.7. The summed E-state index contributed by atoms with van der Waals surface area (Å²) in [4.78, 5) is 23.4. The summed E-state index contributed by atoms with van der Waals surface area (Å²) in [6, 6.07) is 14.3. The van der Waals surface area contributed by atoms with E-state index in [9.17, 15) is 9.59 Å². The number of para-hydroxylation sites is 2. The van der Waals surface area contributed by atoms with E-state index in [0.717, 1.165) is 0 Å². The highest BCUT2D eigenvalue weighted by molar-refractivity contribution is 7.99. The molecule has 2 N–H and O–H groups in total. The molecule has 0 aliphatic rings. The van der Waals surface area contributed by atoms with Crippen LogP contribution in [0.3, 0.4) is 0 Å². The Balaban J connectivity index is 1.56. The number of benzene rings is 2. The zero-order chi connectivity index (χ0) is 23.1. The van der Waals surface area contributed by atoms with Crippen molar-refractivity contribution >= 4 is 35.0 Å². The van der Waals surface area contributed by atoms with E-state index >= 15 is 0 Å². The van der Waals surface area contributed by atoms with Gasteiger partial charge in [-0.3, -0.25) is 9.59 Å². The van der Waals surface area contributed by atoms with Crippen molar-refractivity contribution < 1.29 is 19.1 Å². The summed E-state index contributed by atoms with van der Waals surface area (Å²) in [6.45, 7) is 3.32. The van der Waals surface area contributed by atoms with Gasteiger partial charge in [-0.25, -0.2) is 0 Å². The Kier molecular flexibility index (Phi) is 7.72. The molecule has 0 spiro atoms. The summed E-state index contributed by atoms with van der Waals surface area (Å²) in [5, 5.41) is 14.5. The van der Waals surface area contributed by atoms with Gasteiger partial charge in [0.1, 0.15) is 0 Å². The van der Waals surface area contributed by atoms with Crippen molar-refractivity contribution in [2.24, 2.45) is 7.05 Å². The lowest BCUT2D eigenvalue weighted by atomic mass is 10.3. The van der Waals surface area contributed by atoms with Crippen molar-refractivity contribution in [1.82, 2.24) is 14.8 Å². The number of amides is 2. The predicted molar refractivity (Wildman–Crippen MR) is 123 cm³/mol. The number of rotatable bonds is 9. The second-order valence-corrected chi connectivity index (χ2v) is 7.85. The molecule has 3 rings (SSSR count). The van der Waals surface area contributed by atoms with Crippen LogP contribution in [0.25, 0.3) is 0 Å². The molecule has 3 aromatic rings. The molecule has 0 radical (unpaired) electrons. The molecule has 2 aromatic carbocycles. The van der Waals surface area contributed by atoms with Crippen LogP contribution in [0.4, 0.5) is 11.4 Å². The van der Waals surface area contributed by atoms with Gasteiger partial charge in [-0.2, -0.15) is 0 Å². The molecule has 32 heavy (non-hydrogen) atoms. The molecule has 10 heteroatoms. The zero-order valence-electron chi connectivity index (χ0n) is 18.3. The first-order valence-corrected chi connectivity index (χ1v) is 10.8. The highest BCUT2D eigenvalue weighted by Gasteiger charge is 2.19. The second-order valence-electron chi connectivity index (χ2n) is 6.91. The number of anilines is 2. The van der Waals surface area contributed by atoms with Crippen molar-refractivity contribution in [3.05, 3.63) is 54.4 Å². The van der Waals surface area contributed by atoms with Crippen LogP contribution in [0.15, 0.2) is 53.7 Å². The summed E-state index contributed by atoms with van der Waals surface area (Å²) in [6.07, 6.45) is -0.367. The molecule has 168 valence electrons. The Labute approximate surface area is 190 Å². The van der Waals surface area contributed by atoms with Gasteiger partial charge in [0.2, 0.25) is 11.8 Å². The largest absolute Gasteiger partial charge is 0.493 e. The molecular formula is C22H25N5O4S. The van der Waals surface area contributed by atoms with E-state index in [0.29, 0.717) is 33.9 Å². The van der Waals surface area contributed by atoms with E-state index in [-0.39, 0.29) is 23.7 Å². The first kappa shape index (κ1) is 23.1. The van der Waals surface area contributed by atoms with Crippen LogP contribution in [0.1, 0.15) is 25.8 Å². The van der Waals surface area contributed by atoms with Gasteiger partial charge in [-0.15, -0.1) is 10.2 Å². The molecule has 1 aromatic heterocycles. The van der Waals surface area contributed by atoms with Gasteiger partial charge in [0.25, 0.3) is 0 Å². The SMILES string of the molecule is COc1ccccc1OC(C)c1nnc(SCC(=O)Nc2ccc(NC(C)=O)cc2)n1C. The van der Waals surface area contributed by atoms with Crippen LogP contribution >= 0.6 is 11.8 Å². The normalized spacial score (nSPS) is 11.5. The summed E-state index contributed by atoms with van der Waals surface area (Å²) >= 11 is 1.28. The lowest BCUT2D eigenvalue weighted by Gasteiger charge is -2.16. The molecule has 0 bridgehead atoms. The van der Waals surface area contributed by atoms with Gasteiger partial charge >= 0.3 is 0 Å². The zero-order valence-corrected chi connectivity index (χ0v) is 19.1. The number of carbonyl (C=O) groups excluding carboxylic acids is 2. The molecule has 0 aliphatic carbocycles. The molecule has 9 nitrogen and oxygen atoms in total. The van der Waals surface area contributed by atoms with Gasteiger partial charge in [-0.1, -0.05) is 23.9 Å². The Morgan fingerprint density at radius 3 is 2.28 bits per heavy atom. The lowest BCUT2D eigenvalue weighted by molar-refractivity contribution is -0.114. The van der Waals surface area contributed by atoms with Crippen molar-refractivity contribution in [2.75, 3.05) is 23.5 Å². The Morgan fingerprint density at radius 2 is 1.66 bits per heavy atom. The molecule has 0 saturated carbocycles. The number of hydrogen-bond donors (Lipinski definition) is 2. The highest BCUT2D eigenvalue weighted by Crippen LogP contribution is 2.30. The van der Waals surface area contributed by atoms with E-state index in [1.54, 1.807) is 35.9 Å². The van der Waals surface area contributed by atoms with Crippen LogP contribution in [-0.2, 0) is 16.6 Å². The number of carbonyl (C=O) groups is 2. The topological polar surface area (TPSA) is 107 Å². The quantitative estimate of drug-likeness (QED) is 0.474. The third kappa shape index (κ3) is 6.01. The Morgan fingerprint density at radius 1 is 1.03 bits per heavy atom. The third-order valence-electron chi connectivity index (χ3n) is 4.43. The average Bonchev–Trinajstić information content (AvgIpc) is 3.14. The summed E-state index contributed by atoms with van der Waals surface area (Å²) < 4.78 is 13.1. The fourth-order valence-electron chi connectivity index (χ4n) is 2.93. The first-order valence-electron chi connectivity index (χ1n) is 9.86. The highest BCUT2D eigenvalue weighted by atomic mass is 32.2. The van der Waals surface area contributed by atoms with E-state index in [2.05, 4.69) is 20.8 Å². The predicted octanol–water partition coefficient (Wildman–Crippen LogP) is 3.65. The monoisotopic (exact) mass is 455 g/mol.